The minimum atomic E-state index is -0.945. The molecule has 0 radical (unpaired) electrons. The Hall–Kier alpha value is -2.19. The van der Waals surface area contributed by atoms with Crippen LogP contribution in [0.5, 0.6) is 0 Å². The lowest BCUT2D eigenvalue weighted by molar-refractivity contribution is -0.145. The summed E-state index contributed by atoms with van der Waals surface area (Å²) in [6, 6.07) is 3.36. The SMILES string of the molecule is O=C(O)CC1COCCN1C(=O)Cc1coc(-c2cccs2)n1. The molecule has 2 aromatic heterocycles. The van der Waals surface area contributed by atoms with Crippen molar-refractivity contribution in [1.29, 1.82) is 0 Å². The number of hydrogen-bond acceptors (Lipinski definition) is 6. The number of ether oxygens (including phenoxy) is 1. The van der Waals surface area contributed by atoms with Crippen molar-refractivity contribution in [2.24, 2.45) is 0 Å². The van der Waals surface area contributed by atoms with Crippen LogP contribution in [-0.2, 0) is 20.7 Å². The number of aliphatic carboxylic acids is 1. The van der Waals surface area contributed by atoms with E-state index in [2.05, 4.69) is 4.98 Å². The summed E-state index contributed by atoms with van der Waals surface area (Å²) >= 11 is 1.51. The highest BCUT2D eigenvalue weighted by molar-refractivity contribution is 7.13. The maximum atomic E-state index is 12.5. The summed E-state index contributed by atoms with van der Waals surface area (Å²) < 4.78 is 10.7. The highest BCUT2D eigenvalue weighted by atomic mass is 32.1. The van der Waals surface area contributed by atoms with E-state index in [1.807, 2.05) is 17.5 Å². The second-order valence-corrected chi connectivity index (χ2v) is 6.16. The van der Waals surface area contributed by atoms with Gasteiger partial charge in [0, 0.05) is 6.54 Å². The number of carboxylic acids is 1. The number of hydrogen-bond donors (Lipinski definition) is 1. The first-order chi connectivity index (χ1) is 11.1. The van der Waals surface area contributed by atoms with Crippen LogP contribution in [0.2, 0.25) is 0 Å². The van der Waals surface area contributed by atoms with E-state index in [9.17, 15) is 9.59 Å². The quantitative estimate of drug-likeness (QED) is 0.892. The van der Waals surface area contributed by atoms with Gasteiger partial charge in [-0.25, -0.2) is 4.98 Å². The van der Waals surface area contributed by atoms with Crippen LogP contribution in [0.1, 0.15) is 12.1 Å². The van der Waals surface area contributed by atoms with Gasteiger partial charge in [0.1, 0.15) is 6.26 Å². The van der Waals surface area contributed by atoms with Crippen LogP contribution in [0.4, 0.5) is 0 Å². The lowest BCUT2D eigenvalue weighted by Gasteiger charge is -2.34. The lowest BCUT2D eigenvalue weighted by atomic mass is 10.1. The van der Waals surface area contributed by atoms with Gasteiger partial charge in [0.2, 0.25) is 11.8 Å². The maximum Gasteiger partial charge on any atom is 0.305 e. The molecule has 1 fully saturated rings. The van der Waals surface area contributed by atoms with Crippen molar-refractivity contribution in [2.75, 3.05) is 19.8 Å². The van der Waals surface area contributed by atoms with Crippen molar-refractivity contribution in [1.82, 2.24) is 9.88 Å². The third-order valence-electron chi connectivity index (χ3n) is 3.57. The number of thiophene rings is 1. The Morgan fingerprint density at radius 2 is 2.35 bits per heavy atom. The van der Waals surface area contributed by atoms with E-state index >= 15 is 0 Å². The van der Waals surface area contributed by atoms with Gasteiger partial charge in [-0.15, -0.1) is 11.3 Å². The molecule has 2 aromatic rings. The second kappa shape index (κ2) is 6.93. The van der Waals surface area contributed by atoms with E-state index in [1.54, 1.807) is 4.90 Å². The molecule has 0 aliphatic carbocycles. The number of morpholine rings is 1. The van der Waals surface area contributed by atoms with Crippen molar-refractivity contribution in [2.45, 2.75) is 18.9 Å². The largest absolute Gasteiger partial charge is 0.481 e. The fourth-order valence-corrected chi connectivity index (χ4v) is 3.17. The molecule has 0 saturated carbocycles. The Balaban J connectivity index is 1.67. The van der Waals surface area contributed by atoms with Gasteiger partial charge < -0.3 is 19.2 Å². The zero-order chi connectivity index (χ0) is 16.2. The zero-order valence-electron chi connectivity index (χ0n) is 12.3. The highest BCUT2D eigenvalue weighted by Gasteiger charge is 2.29. The Kier molecular flexibility index (Phi) is 4.73. The molecule has 23 heavy (non-hydrogen) atoms. The summed E-state index contributed by atoms with van der Waals surface area (Å²) in [6.07, 6.45) is 1.44. The molecular formula is C15H16N2O5S. The molecule has 1 unspecified atom stereocenters. The van der Waals surface area contributed by atoms with Gasteiger partial charge in [0.15, 0.2) is 0 Å². The summed E-state index contributed by atoms with van der Waals surface area (Å²) in [5.41, 5.74) is 0.541. The van der Waals surface area contributed by atoms with Crippen molar-refractivity contribution in [3.63, 3.8) is 0 Å². The summed E-state index contributed by atoms with van der Waals surface area (Å²) in [7, 11) is 0. The number of amides is 1. The van der Waals surface area contributed by atoms with Crippen LogP contribution >= 0.6 is 11.3 Å². The smallest absolute Gasteiger partial charge is 0.305 e. The van der Waals surface area contributed by atoms with Crippen LogP contribution in [-0.4, -0.2) is 52.7 Å². The van der Waals surface area contributed by atoms with Gasteiger partial charge in [0.25, 0.3) is 0 Å². The molecule has 1 aliphatic rings. The number of carbonyl (C=O) groups is 2. The van der Waals surface area contributed by atoms with Gasteiger partial charge >= 0.3 is 5.97 Å². The Labute approximate surface area is 136 Å². The van der Waals surface area contributed by atoms with Crippen molar-refractivity contribution in [3.8, 4) is 10.8 Å². The molecule has 1 aliphatic heterocycles. The number of oxazole rings is 1. The molecule has 0 bridgehead atoms. The molecule has 7 nitrogen and oxygen atoms in total. The number of carboxylic acid groups (broad SMARTS) is 1. The molecule has 8 heteroatoms. The van der Waals surface area contributed by atoms with Gasteiger partial charge in [-0.2, -0.15) is 0 Å². The number of nitrogens with zero attached hydrogens (tertiary/aromatic N) is 2. The molecule has 3 rings (SSSR count). The highest BCUT2D eigenvalue weighted by Crippen LogP contribution is 2.24. The molecule has 122 valence electrons. The van der Waals surface area contributed by atoms with Crippen molar-refractivity contribution < 1.29 is 23.8 Å². The van der Waals surface area contributed by atoms with Crippen LogP contribution in [0, 0.1) is 0 Å². The Morgan fingerprint density at radius 1 is 1.48 bits per heavy atom. The third kappa shape index (κ3) is 3.77. The van der Waals surface area contributed by atoms with E-state index in [4.69, 9.17) is 14.3 Å². The van der Waals surface area contributed by atoms with E-state index in [1.165, 1.54) is 17.6 Å². The van der Waals surface area contributed by atoms with Crippen LogP contribution in [0.15, 0.2) is 28.2 Å². The van der Waals surface area contributed by atoms with Gasteiger partial charge in [-0.3, -0.25) is 9.59 Å². The van der Waals surface area contributed by atoms with E-state index in [0.29, 0.717) is 24.7 Å². The van der Waals surface area contributed by atoms with Crippen molar-refractivity contribution in [3.05, 3.63) is 29.5 Å². The first-order valence-electron chi connectivity index (χ1n) is 7.21. The van der Waals surface area contributed by atoms with Gasteiger partial charge in [-0.1, -0.05) is 6.07 Å². The van der Waals surface area contributed by atoms with Crippen LogP contribution in [0.3, 0.4) is 0 Å². The molecule has 0 aromatic carbocycles. The molecule has 0 spiro atoms. The molecule has 3 heterocycles. The van der Waals surface area contributed by atoms with Crippen LogP contribution in [0.25, 0.3) is 10.8 Å². The monoisotopic (exact) mass is 336 g/mol. The molecule has 1 saturated heterocycles. The molecule has 1 atom stereocenters. The zero-order valence-corrected chi connectivity index (χ0v) is 13.1. The maximum absolute atomic E-state index is 12.5. The fraction of sp³-hybridized carbons (Fsp3) is 0.400. The summed E-state index contributed by atoms with van der Waals surface area (Å²) in [5, 5.41) is 10.9. The topological polar surface area (TPSA) is 92.9 Å². The normalized spacial score (nSPS) is 18.1. The predicted octanol–water partition coefficient (Wildman–Crippen LogP) is 1.65. The standard InChI is InChI=1S/C15H16N2O5S/c18-13(17-3-4-21-9-11(17)7-14(19)20)6-10-8-22-15(16-10)12-2-1-5-23-12/h1-2,5,8,11H,3-4,6-7,9H2,(H,19,20). The number of carbonyl (C=O) groups excluding carboxylic acids is 1. The van der Waals surface area contributed by atoms with Gasteiger partial charge in [-0.05, 0) is 11.4 Å². The third-order valence-corrected chi connectivity index (χ3v) is 4.43. The van der Waals surface area contributed by atoms with Gasteiger partial charge in [0.05, 0.1) is 42.7 Å². The molecule has 1 amide bonds. The predicted molar refractivity (Wildman–Crippen MR) is 82.1 cm³/mol. The van der Waals surface area contributed by atoms with E-state index < -0.39 is 12.0 Å². The summed E-state index contributed by atoms with van der Waals surface area (Å²) in [4.78, 5) is 30.2. The van der Waals surface area contributed by atoms with Crippen molar-refractivity contribution >= 4 is 23.2 Å². The Bertz CT molecular complexity index is 682. The van der Waals surface area contributed by atoms with Crippen LogP contribution < -0.4 is 0 Å². The van der Waals surface area contributed by atoms with E-state index in [0.717, 1.165) is 4.88 Å². The van der Waals surface area contributed by atoms with E-state index in [-0.39, 0.29) is 25.4 Å². The average Bonchev–Trinajstić information content (AvgIpc) is 3.17. The average molecular weight is 336 g/mol. The first kappa shape index (κ1) is 15.7. The molecular weight excluding hydrogens is 320 g/mol. The summed E-state index contributed by atoms with van der Waals surface area (Å²) in [6.45, 7) is 1.06. The lowest BCUT2D eigenvalue weighted by Crippen LogP contribution is -2.50. The Morgan fingerprint density at radius 3 is 3.09 bits per heavy atom. The fourth-order valence-electron chi connectivity index (χ4n) is 2.51. The second-order valence-electron chi connectivity index (χ2n) is 5.21. The minimum absolute atomic E-state index is 0.0883. The molecule has 1 N–H and O–H groups in total. The number of rotatable bonds is 5. The first-order valence-corrected chi connectivity index (χ1v) is 8.08. The number of aromatic nitrogens is 1. The minimum Gasteiger partial charge on any atom is -0.481 e. The summed E-state index contributed by atoms with van der Waals surface area (Å²) in [5.74, 6) is -0.614.